The summed E-state index contributed by atoms with van der Waals surface area (Å²) in [5.74, 6) is 4.61. The summed E-state index contributed by atoms with van der Waals surface area (Å²) in [6, 6.07) is 57.7. The average Bonchev–Trinajstić information content (AvgIpc) is 3.34. The van der Waals surface area contributed by atoms with Crippen LogP contribution in [-0.2, 0) is 53.1 Å². The highest BCUT2D eigenvalue weighted by Gasteiger charge is 2.37. The van der Waals surface area contributed by atoms with Crippen molar-refractivity contribution in [2.75, 3.05) is 12.3 Å². The van der Waals surface area contributed by atoms with Crippen molar-refractivity contribution in [1.29, 1.82) is 0 Å². The second-order valence-corrected chi connectivity index (χ2v) is 24.5. The molecule has 2 heterocycles. The van der Waals surface area contributed by atoms with Gasteiger partial charge >= 0.3 is 0 Å². The van der Waals surface area contributed by atoms with Gasteiger partial charge in [-0.2, -0.15) is 0 Å². The molecule has 0 N–H and O–H groups in total. The van der Waals surface area contributed by atoms with E-state index in [1.807, 2.05) is 84.9 Å². The molecular weight excluding hydrogens is 891 g/mol. The molecule has 6 nitrogen and oxygen atoms in total. The Morgan fingerprint density at radius 1 is 0.449 bits per heavy atom. The Morgan fingerprint density at radius 2 is 0.855 bits per heavy atom. The summed E-state index contributed by atoms with van der Waals surface area (Å²) < 4.78 is 56.1. The van der Waals surface area contributed by atoms with Crippen molar-refractivity contribution in [3.8, 4) is 56.8 Å². The summed E-state index contributed by atoms with van der Waals surface area (Å²) in [7, 11) is -6.44. The van der Waals surface area contributed by atoms with Gasteiger partial charge in [0.05, 0.1) is 10.6 Å². The molecular formula is C61H54O6P2. The first kappa shape index (κ1) is 43.7. The summed E-state index contributed by atoms with van der Waals surface area (Å²) in [5, 5.41) is 1.57. The van der Waals surface area contributed by atoms with Crippen LogP contribution in [-0.4, -0.2) is 12.3 Å². The van der Waals surface area contributed by atoms with Gasteiger partial charge in [0.25, 0.3) is 14.7 Å². The Hall–Kier alpha value is -6.58. The molecule has 0 aromatic heterocycles. The molecule has 2 unspecified atom stereocenters. The predicted molar refractivity (Wildman–Crippen MR) is 279 cm³/mol. The van der Waals surface area contributed by atoms with Crippen LogP contribution in [0.25, 0.3) is 22.3 Å². The van der Waals surface area contributed by atoms with Crippen molar-refractivity contribution in [3.05, 3.63) is 214 Å². The highest BCUT2D eigenvalue weighted by atomic mass is 31.2. The molecule has 0 spiro atoms. The van der Waals surface area contributed by atoms with Gasteiger partial charge in [-0.1, -0.05) is 123 Å². The van der Waals surface area contributed by atoms with Crippen molar-refractivity contribution in [2.45, 2.75) is 70.6 Å². The minimum Gasteiger partial charge on any atom is -0.457 e. The fourth-order valence-electron chi connectivity index (χ4n) is 10.7. The first-order valence-electron chi connectivity index (χ1n) is 24.4. The second-order valence-electron chi connectivity index (χ2n) is 19.5. The van der Waals surface area contributed by atoms with Crippen LogP contribution in [0.3, 0.4) is 0 Å². The van der Waals surface area contributed by atoms with Gasteiger partial charge in [-0.15, -0.1) is 0 Å². The lowest BCUT2D eigenvalue weighted by molar-refractivity contribution is 0.470. The summed E-state index contributed by atoms with van der Waals surface area (Å²) >= 11 is 0. The van der Waals surface area contributed by atoms with E-state index in [1.54, 1.807) is 0 Å². The number of fused-ring (bicyclic) bond motifs is 8. The molecule has 8 heteroatoms. The Bertz CT molecular complexity index is 3200. The van der Waals surface area contributed by atoms with E-state index in [-0.39, 0.29) is 0 Å². The van der Waals surface area contributed by atoms with Crippen LogP contribution in [0.2, 0.25) is 0 Å². The van der Waals surface area contributed by atoms with E-state index in [0.717, 1.165) is 104 Å². The van der Waals surface area contributed by atoms with Crippen LogP contribution in [0.1, 0.15) is 71.2 Å². The summed E-state index contributed by atoms with van der Waals surface area (Å²) in [5.41, 5.74) is 13.3. The second kappa shape index (κ2) is 17.4. The van der Waals surface area contributed by atoms with E-state index in [9.17, 15) is 9.13 Å². The molecule has 0 fully saturated rings. The zero-order valence-electron chi connectivity index (χ0n) is 39.1. The third kappa shape index (κ3) is 8.12. The van der Waals surface area contributed by atoms with Gasteiger partial charge in [0.2, 0.25) is 0 Å². The molecule has 0 radical (unpaired) electrons. The fourth-order valence-corrected chi connectivity index (χ4v) is 15.4. The van der Waals surface area contributed by atoms with Gasteiger partial charge in [0, 0.05) is 28.9 Å². The van der Waals surface area contributed by atoms with Gasteiger partial charge < -0.3 is 18.5 Å². The minimum absolute atomic E-state index is 0.398. The van der Waals surface area contributed by atoms with Crippen molar-refractivity contribution in [2.24, 2.45) is 0 Å². The van der Waals surface area contributed by atoms with E-state index < -0.39 is 20.2 Å². The Balaban J connectivity index is 0.851. The van der Waals surface area contributed by atoms with Gasteiger partial charge in [-0.3, -0.25) is 9.13 Å². The maximum Gasteiger partial charge on any atom is 0.277 e. The standard InChI is InChI=1S/C61H54O6P2/c1-61(2,47-29-33-55(64-49-31-27-41-23-25-43(41)39-49)45(37-47)13-11-35-68(62)59-21-9-5-17-53(59)51-15-3-7-19-57(51)66-68)48-30-34-56(65-50-32-28-42-24-26-44(42)40-50)46(38-48)14-12-36-69(63)60-22-10-6-18-54(60)52-16-4-8-20-58(52)67-69/h3-10,15-22,27-34,37-40H,11-14,23-26,35-36H2,1-2H3. The van der Waals surface area contributed by atoms with Crippen LogP contribution < -0.4 is 29.1 Å². The number of para-hydroxylation sites is 2. The van der Waals surface area contributed by atoms with Gasteiger partial charge in [-0.05, 0) is 168 Å². The number of aryl methyl sites for hydroxylation is 6. The van der Waals surface area contributed by atoms with Crippen LogP contribution in [0.5, 0.6) is 34.5 Å². The largest absolute Gasteiger partial charge is 0.457 e. The molecule has 8 aromatic carbocycles. The number of hydrogen-bond donors (Lipinski definition) is 0. The third-order valence-corrected chi connectivity index (χ3v) is 19.9. The maximum absolute atomic E-state index is 14.9. The highest BCUT2D eigenvalue weighted by Crippen LogP contribution is 2.56. The predicted octanol–water partition coefficient (Wildman–Crippen LogP) is 15.0. The van der Waals surface area contributed by atoms with Gasteiger partial charge in [0.15, 0.2) is 0 Å². The first-order chi connectivity index (χ1) is 33.6. The smallest absolute Gasteiger partial charge is 0.277 e. The minimum atomic E-state index is -3.22. The lowest BCUT2D eigenvalue weighted by Crippen LogP contribution is -2.21. The molecule has 2 aliphatic carbocycles. The molecule has 4 aliphatic rings. The third-order valence-electron chi connectivity index (χ3n) is 14.9. The topological polar surface area (TPSA) is 71.1 Å². The van der Waals surface area contributed by atoms with Crippen LogP contribution in [0, 0.1) is 0 Å². The number of benzene rings is 8. The molecule has 0 saturated carbocycles. The Kier molecular flexibility index (Phi) is 11.0. The number of ether oxygens (including phenoxy) is 2. The van der Waals surface area contributed by atoms with Crippen molar-refractivity contribution in [3.63, 3.8) is 0 Å². The van der Waals surface area contributed by atoms with Crippen molar-refractivity contribution >= 4 is 25.3 Å². The summed E-state index contributed by atoms with van der Waals surface area (Å²) in [6.45, 7) is 4.54. The molecule has 2 aliphatic heterocycles. The zero-order chi connectivity index (χ0) is 46.7. The Labute approximate surface area is 405 Å². The quantitative estimate of drug-likeness (QED) is 0.101. The molecule has 8 aromatic rings. The normalized spacial score (nSPS) is 18.0. The SMILES string of the molecule is CC(C)(c1ccc(Oc2ccc3c(c2)CC3)c(CCCP2(=O)Oc3ccccc3-c3ccccc32)c1)c1ccc(Oc2ccc3c(c2)CC3)c(CCCP2(=O)Oc3ccccc3-c3ccccc32)c1. The van der Waals surface area contributed by atoms with E-state index in [4.69, 9.17) is 18.5 Å². The molecule has 344 valence electrons. The molecule has 2 atom stereocenters. The summed E-state index contributed by atoms with van der Waals surface area (Å²) in [6.07, 6.45) is 7.74. The van der Waals surface area contributed by atoms with Crippen LogP contribution in [0.15, 0.2) is 170 Å². The molecule has 69 heavy (non-hydrogen) atoms. The average molecular weight is 945 g/mol. The fraction of sp³-hybridized carbons (Fsp3) is 0.213. The lowest BCUT2D eigenvalue weighted by atomic mass is 9.76. The van der Waals surface area contributed by atoms with E-state index >= 15 is 0 Å². The van der Waals surface area contributed by atoms with Gasteiger partial charge in [0.1, 0.15) is 34.5 Å². The molecule has 0 saturated heterocycles. The van der Waals surface area contributed by atoms with E-state index in [1.165, 1.54) is 22.3 Å². The zero-order valence-corrected chi connectivity index (χ0v) is 40.9. The Morgan fingerprint density at radius 3 is 1.28 bits per heavy atom. The lowest BCUT2D eigenvalue weighted by Gasteiger charge is -2.30. The van der Waals surface area contributed by atoms with E-state index in [2.05, 4.69) is 98.8 Å². The first-order valence-corrected chi connectivity index (χ1v) is 28.0. The number of hydrogen-bond acceptors (Lipinski definition) is 6. The maximum atomic E-state index is 14.9. The van der Waals surface area contributed by atoms with Crippen molar-refractivity contribution in [1.82, 2.24) is 0 Å². The monoisotopic (exact) mass is 944 g/mol. The molecule has 0 amide bonds. The highest BCUT2D eigenvalue weighted by molar-refractivity contribution is 7.68. The molecule has 0 bridgehead atoms. The van der Waals surface area contributed by atoms with E-state index in [0.29, 0.717) is 49.5 Å². The molecule has 12 rings (SSSR count). The summed E-state index contributed by atoms with van der Waals surface area (Å²) in [4.78, 5) is 0. The number of rotatable bonds is 14. The van der Waals surface area contributed by atoms with Gasteiger partial charge in [-0.25, -0.2) is 0 Å². The van der Waals surface area contributed by atoms with Crippen LogP contribution in [0.4, 0.5) is 0 Å². The van der Waals surface area contributed by atoms with Crippen molar-refractivity contribution < 1.29 is 27.7 Å². The van der Waals surface area contributed by atoms with Crippen LogP contribution >= 0.6 is 14.7 Å².